The van der Waals surface area contributed by atoms with E-state index < -0.39 is 26.6 Å². The van der Waals surface area contributed by atoms with Crippen molar-refractivity contribution in [3.05, 3.63) is 29.8 Å². The predicted octanol–water partition coefficient (Wildman–Crippen LogP) is 1.69. The van der Waals surface area contributed by atoms with Crippen LogP contribution in [-0.4, -0.2) is 63.4 Å². The molecule has 0 aliphatic carbocycles. The molecule has 25 heavy (non-hydrogen) atoms. The largest absolute Gasteiger partial charge is 0.317 e. The summed E-state index contributed by atoms with van der Waals surface area (Å²) < 4.78 is 53.9. The first-order valence-corrected chi connectivity index (χ1v) is 9.80. The van der Waals surface area contributed by atoms with E-state index in [1.165, 1.54) is 10.4 Å². The summed E-state index contributed by atoms with van der Waals surface area (Å²) in [7, 11) is -4.13. The maximum absolute atomic E-state index is 13.8. The SMILES string of the molecule is Cl.O=S(=O)(c1c(F)cccc1F)N1CCN(CC2CCNCC2)CC1. The van der Waals surface area contributed by atoms with Crippen LogP contribution in [0.3, 0.4) is 0 Å². The Kier molecular flexibility index (Phi) is 7.16. The molecule has 3 rings (SSSR count). The Bertz CT molecular complexity index is 656. The Labute approximate surface area is 153 Å². The average Bonchev–Trinajstić information content (AvgIpc) is 2.56. The molecule has 2 fully saturated rings. The minimum atomic E-state index is -4.13. The molecule has 2 heterocycles. The average molecular weight is 396 g/mol. The van der Waals surface area contributed by atoms with Gasteiger partial charge in [-0.25, -0.2) is 17.2 Å². The van der Waals surface area contributed by atoms with Gasteiger partial charge < -0.3 is 10.2 Å². The van der Waals surface area contributed by atoms with Gasteiger partial charge in [-0.1, -0.05) is 6.07 Å². The highest BCUT2D eigenvalue weighted by molar-refractivity contribution is 7.89. The van der Waals surface area contributed by atoms with Crippen LogP contribution >= 0.6 is 12.4 Å². The van der Waals surface area contributed by atoms with Crippen LogP contribution in [0, 0.1) is 17.6 Å². The zero-order valence-electron chi connectivity index (χ0n) is 14.0. The fraction of sp³-hybridized carbons (Fsp3) is 0.625. The standard InChI is InChI=1S/C16H23F2N3O2S.ClH/c17-14-2-1-3-15(18)16(14)24(22,23)21-10-8-20(9-11-21)12-13-4-6-19-7-5-13;/h1-3,13,19H,4-12H2;1H. The molecule has 2 saturated heterocycles. The van der Waals surface area contributed by atoms with Gasteiger partial charge >= 0.3 is 0 Å². The molecule has 2 aliphatic heterocycles. The highest BCUT2D eigenvalue weighted by atomic mass is 35.5. The van der Waals surface area contributed by atoms with Gasteiger partial charge in [0.2, 0.25) is 10.0 Å². The summed E-state index contributed by atoms with van der Waals surface area (Å²) in [5, 5.41) is 3.33. The van der Waals surface area contributed by atoms with E-state index in [9.17, 15) is 17.2 Å². The fourth-order valence-electron chi connectivity index (χ4n) is 3.44. The van der Waals surface area contributed by atoms with Gasteiger partial charge in [0.1, 0.15) is 11.6 Å². The van der Waals surface area contributed by atoms with Crippen molar-refractivity contribution in [3.8, 4) is 0 Å². The Morgan fingerprint density at radius 3 is 2.16 bits per heavy atom. The number of piperazine rings is 1. The van der Waals surface area contributed by atoms with Crippen LogP contribution in [0.2, 0.25) is 0 Å². The summed E-state index contributed by atoms with van der Waals surface area (Å²) in [5.74, 6) is -1.43. The van der Waals surface area contributed by atoms with Crippen molar-refractivity contribution in [2.24, 2.45) is 5.92 Å². The molecular weight excluding hydrogens is 372 g/mol. The molecule has 5 nitrogen and oxygen atoms in total. The Hall–Kier alpha value is -0.800. The molecule has 0 amide bonds. The second-order valence-electron chi connectivity index (χ2n) is 6.45. The second-order valence-corrected chi connectivity index (χ2v) is 8.32. The highest BCUT2D eigenvalue weighted by Crippen LogP contribution is 2.24. The van der Waals surface area contributed by atoms with Crippen LogP contribution in [0.4, 0.5) is 8.78 Å². The number of nitrogens with one attached hydrogen (secondary N) is 1. The van der Waals surface area contributed by atoms with Gasteiger partial charge in [-0.2, -0.15) is 4.31 Å². The van der Waals surface area contributed by atoms with Crippen LogP contribution in [0.1, 0.15) is 12.8 Å². The lowest BCUT2D eigenvalue weighted by Gasteiger charge is -2.36. The Balaban J connectivity index is 0.00000225. The summed E-state index contributed by atoms with van der Waals surface area (Å²) in [5.41, 5.74) is 0. The lowest BCUT2D eigenvalue weighted by Crippen LogP contribution is -2.50. The molecule has 0 saturated carbocycles. The number of nitrogens with zero attached hydrogens (tertiary/aromatic N) is 2. The first-order chi connectivity index (χ1) is 11.5. The first kappa shape index (κ1) is 20.5. The topological polar surface area (TPSA) is 52.7 Å². The molecule has 9 heteroatoms. The van der Waals surface area contributed by atoms with Gasteiger partial charge in [0.15, 0.2) is 4.90 Å². The van der Waals surface area contributed by atoms with Crippen LogP contribution in [-0.2, 0) is 10.0 Å². The van der Waals surface area contributed by atoms with Gasteiger partial charge in [0, 0.05) is 32.7 Å². The quantitative estimate of drug-likeness (QED) is 0.843. The third-order valence-corrected chi connectivity index (χ3v) is 6.77. The van der Waals surface area contributed by atoms with Gasteiger partial charge in [0.25, 0.3) is 0 Å². The van der Waals surface area contributed by atoms with E-state index in [0.29, 0.717) is 19.0 Å². The first-order valence-electron chi connectivity index (χ1n) is 8.36. The van der Waals surface area contributed by atoms with Gasteiger partial charge in [-0.15, -0.1) is 12.4 Å². The molecule has 1 N–H and O–H groups in total. The minimum Gasteiger partial charge on any atom is -0.317 e. The highest BCUT2D eigenvalue weighted by Gasteiger charge is 2.33. The predicted molar refractivity (Wildman–Crippen MR) is 94.4 cm³/mol. The van der Waals surface area contributed by atoms with Crippen molar-refractivity contribution >= 4 is 22.4 Å². The summed E-state index contributed by atoms with van der Waals surface area (Å²) in [6.45, 7) is 4.75. The lowest BCUT2D eigenvalue weighted by atomic mass is 9.97. The number of benzene rings is 1. The van der Waals surface area contributed by atoms with Crippen LogP contribution in [0.15, 0.2) is 23.1 Å². The number of halogens is 3. The van der Waals surface area contributed by atoms with Crippen LogP contribution in [0.25, 0.3) is 0 Å². The van der Waals surface area contributed by atoms with Crippen LogP contribution < -0.4 is 5.32 Å². The number of hydrogen-bond acceptors (Lipinski definition) is 4. The van der Waals surface area contributed by atoms with Crippen molar-refractivity contribution in [3.63, 3.8) is 0 Å². The number of sulfonamides is 1. The molecular formula is C16H24ClF2N3O2S. The summed E-state index contributed by atoms with van der Waals surface area (Å²) >= 11 is 0. The maximum atomic E-state index is 13.8. The third kappa shape index (κ3) is 4.68. The zero-order valence-corrected chi connectivity index (χ0v) is 15.6. The van der Waals surface area contributed by atoms with E-state index in [4.69, 9.17) is 0 Å². The Morgan fingerprint density at radius 2 is 1.60 bits per heavy atom. The molecule has 1 aromatic carbocycles. The molecule has 0 bridgehead atoms. The molecule has 0 spiro atoms. The van der Waals surface area contributed by atoms with E-state index >= 15 is 0 Å². The molecule has 1 aromatic rings. The monoisotopic (exact) mass is 395 g/mol. The third-order valence-electron chi connectivity index (χ3n) is 4.82. The van der Waals surface area contributed by atoms with Gasteiger partial charge in [0.05, 0.1) is 0 Å². The second kappa shape index (κ2) is 8.73. The molecule has 0 atom stereocenters. The maximum Gasteiger partial charge on any atom is 0.249 e. The van der Waals surface area contributed by atoms with E-state index in [1.807, 2.05) is 0 Å². The summed E-state index contributed by atoms with van der Waals surface area (Å²) in [6.07, 6.45) is 2.28. The Morgan fingerprint density at radius 1 is 1.04 bits per heavy atom. The van der Waals surface area contributed by atoms with Crippen molar-refractivity contribution in [1.29, 1.82) is 0 Å². The van der Waals surface area contributed by atoms with E-state index in [0.717, 1.165) is 44.6 Å². The number of hydrogen-bond donors (Lipinski definition) is 1. The molecule has 0 radical (unpaired) electrons. The lowest BCUT2D eigenvalue weighted by molar-refractivity contribution is 0.152. The molecule has 142 valence electrons. The molecule has 2 aliphatic rings. The smallest absolute Gasteiger partial charge is 0.249 e. The van der Waals surface area contributed by atoms with E-state index in [1.54, 1.807) is 0 Å². The number of rotatable bonds is 4. The van der Waals surface area contributed by atoms with E-state index in [2.05, 4.69) is 10.2 Å². The van der Waals surface area contributed by atoms with Gasteiger partial charge in [-0.3, -0.25) is 0 Å². The summed E-state index contributed by atoms with van der Waals surface area (Å²) in [6, 6.07) is 3.12. The number of piperidine rings is 1. The zero-order chi connectivity index (χ0) is 17.2. The van der Waals surface area contributed by atoms with Crippen molar-refractivity contribution in [2.75, 3.05) is 45.8 Å². The minimum absolute atomic E-state index is 0. The van der Waals surface area contributed by atoms with Gasteiger partial charge in [-0.05, 0) is 44.0 Å². The van der Waals surface area contributed by atoms with Crippen molar-refractivity contribution in [2.45, 2.75) is 17.7 Å². The van der Waals surface area contributed by atoms with E-state index in [-0.39, 0.29) is 25.5 Å². The fourth-order valence-corrected chi connectivity index (χ4v) is 4.97. The van der Waals surface area contributed by atoms with Crippen molar-refractivity contribution in [1.82, 2.24) is 14.5 Å². The normalized spacial score (nSPS) is 21.0. The van der Waals surface area contributed by atoms with Crippen molar-refractivity contribution < 1.29 is 17.2 Å². The molecule has 0 aromatic heterocycles. The van der Waals surface area contributed by atoms with Crippen LogP contribution in [0.5, 0.6) is 0 Å². The molecule has 0 unspecified atom stereocenters. The summed E-state index contributed by atoms with van der Waals surface area (Å²) in [4.78, 5) is 1.41.